The minimum absolute atomic E-state index is 0.267. The molecule has 1 unspecified atom stereocenters. The summed E-state index contributed by atoms with van der Waals surface area (Å²) < 4.78 is 0. The van der Waals surface area contributed by atoms with Gasteiger partial charge in [0.1, 0.15) is 11.0 Å². The van der Waals surface area contributed by atoms with E-state index in [0.717, 1.165) is 46.6 Å². The number of pyridine rings is 1. The van der Waals surface area contributed by atoms with E-state index in [1.54, 1.807) is 42.7 Å². The molecule has 1 aliphatic carbocycles. The fraction of sp³-hybridized carbons (Fsp3) is 0.269. The second-order valence-electron chi connectivity index (χ2n) is 8.65. The Hall–Kier alpha value is -3.85. The zero-order valence-electron chi connectivity index (χ0n) is 19.2. The van der Waals surface area contributed by atoms with Gasteiger partial charge in [0.05, 0.1) is 16.7 Å². The van der Waals surface area contributed by atoms with Crippen LogP contribution in [0.4, 0.5) is 5.00 Å². The van der Waals surface area contributed by atoms with Gasteiger partial charge in [-0.15, -0.1) is 11.3 Å². The van der Waals surface area contributed by atoms with E-state index in [9.17, 15) is 19.2 Å². The largest absolute Gasteiger partial charge is 0.348 e. The summed E-state index contributed by atoms with van der Waals surface area (Å²) in [4.78, 5) is 58.2. The zero-order valence-corrected chi connectivity index (χ0v) is 20.0. The van der Waals surface area contributed by atoms with Crippen LogP contribution >= 0.6 is 11.3 Å². The molecule has 1 aliphatic heterocycles. The van der Waals surface area contributed by atoms with E-state index in [1.165, 1.54) is 18.3 Å². The van der Waals surface area contributed by atoms with Gasteiger partial charge in [0.25, 0.3) is 17.7 Å². The Balaban J connectivity index is 1.37. The van der Waals surface area contributed by atoms with Crippen LogP contribution in [0, 0.1) is 0 Å². The molecule has 1 atom stereocenters. The molecule has 0 fully saturated rings. The summed E-state index contributed by atoms with van der Waals surface area (Å²) in [6.45, 7) is 1.84. The molecule has 5 rings (SSSR count). The lowest BCUT2D eigenvalue weighted by Crippen LogP contribution is -2.45. The summed E-state index contributed by atoms with van der Waals surface area (Å²) in [6, 6.07) is 9.18. The second kappa shape index (κ2) is 9.42. The molecule has 3 aromatic rings. The quantitative estimate of drug-likeness (QED) is 0.516. The Morgan fingerprint density at radius 2 is 1.77 bits per heavy atom. The van der Waals surface area contributed by atoms with Crippen molar-refractivity contribution in [2.45, 2.75) is 45.2 Å². The molecule has 2 N–H and O–H groups in total. The van der Waals surface area contributed by atoms with Gasteiger partial charge < -0.3 is 10.6 Å². The number of nitrogens with one attached hydrogen (secondary N) is 2. The first-order valence-corrected chi connectivity index (χ1v) is 12.4. The highest BCUT2D eigenvalue weighted by atomic mass is 32.1. The third-order valence-corrected chi connectivity index (χ3v) is 7.61. The number of anilines is 1. The first-order chi connectivity index (χ1) is 17.0. The lowest BCUT2D eigenvalue weighted by Gasteiger charge is -2.21. The van der Waals surface area contributed by atoms with E-state index in [2.05, 4.69) is 15.6 Å². The topological polar surface area (TPSA) is 108 Å². The van der Waals surface area contributed by atoms with Crippen molar-refractivity contribution < 1.29 is 19.2 Å². The van der Waals surface area contributed by atoms with Crippen LogP contribution in [0.1, 0.15) is 66.8 Å². The third kappa shape index (κ3) is 4.23. The van der Waals surface area contributed by atoms with Crippen LogP contribution in [0.3, 0.4) is 0 Å². The summed E-state index contributed by atoms with van der Waals surface area (Å²) in [5.41, 5.74) is 2.89. The number of carbonyl (C=O) groups excluding carboxylic acids is 4. The molecule has 178 valence electrons. The van der Waals surface area contributed by atoms with Gasteiger partial charge in [-0.25, -0.2) is 0 Å². The van der Waals surface area contributed by atoms with Crippen molar-refractivity contribution in [3.8, 4) is 0 Å². The van der Waals surface area contributed by atoms with Crippen molar-refractivity contribution >= 4 is 40.0 Å². The summed E-state index contributed by atoms with van der Waals surface area (Å²) in [6.07, 6.45) is 6.99. The predicted molar refractivity (Wildman–Crippen MR) is 131 cm³/mol. The van der Waals surface area contributed by atoms with Gasteiger partial charge in [0.15, 0.2) is 0 Å². The summed E-state index contributed by atoms with van der Waals surface area (Å²) >= 11 is 1.40. The van der Waals surface area contributed by atoms with Crippen molar-refractivity contribution in [1.82, 2.24) is 15.2 Å². The number of thiophene rings is 1. The lowest BCUT2D eigenvalue weighted by molar-refractivity contribution is -0.119. The van der Waals surface area contributed by atoms with Gasteiger partial charge in [0, 0.05) is 23.8 Å². The van der Waals surface area contributed by atoms with Gasteiger partial charge in [-0.05, 0) is 61.9 Å². The Kier molecular flexibility index (Phi) is 6.17. The van der Waals surface area contributed by atoms with Crippen molar-refractivity contribution in [3.63, 3.8) is 0 Å². The summed E-state index contributed by atoms with van der Waals surface area (Å²) in [5, 5.41) is 6.24. The van der Waals surface area contributed by atoms with Crippen LogP contribution in [0.15, 0.2) is 48.8 Å². The molecule has 4 amide bonds. The second-order valence-corrected chi connectivity index (χ2v) is 9.76. The highest BCUT2D eigenvalue weighted by Crippen LogP contribution is 2.38. The van der Waals surface area contributed by atoms with E-state index in [4.69, 9.17) is 0 Å². The van der Waals surface area contributed by atoms with Crippen LogP contribution in [0.5, 0.6) is 0 Å². The Labute approximate surface area is 206 Å². The third-order valence-electron chi connectivity index (χ3n) is 6.40. The number of aryl methyl sites for hydroxylation is 1. The molecule has 9 heteroatoms. The fourth-order valence-electron chi connectivity index (χ4n) is 4.56. The van der Waals surface area contributed by atoms with E-state index >= 15 is 0 Å². The number of carbonyl (C=O) groups is 4. The van der Waals surface area contributed by atoms with Gasteiger partial charge in [0.2, 0.25) is 5.91 Å². The molecule has 3 heterocycles. The number of imide groups is 1. The average molecular weight is 489 g/mol. The van der Waals surface area contributed by atoms with Crippen LogP contribution in [-0.4, -0.2) is 39.6 Å². The maximum Gasteiger partial charge on any atom is 0.262 e. The molecule has 0 saturated heterocycles. The Morgan fingerprint density at radius 1 is 1.06 bits per heavy atom. The summed E-state index contributed by atoms with van der Waals surface area (Å²) in [7, 11) is 0. The van der Waals surface area contributed by atoms with Crippen molar-refractivity contribution in [3.05, 3.63) is 81.5 Å². The van der Waals surface area contributed by atoms with Crippen molar-refractivity contribution in [2.75, 3.05) is 5.32 Å². The summed E-state index contributed by atoms with van der Waals surface area (Å²) in [5.74, 6) is -1.77. The van der Waals surface area contributed by atoms with E-state index in [-0.39, 0.29) is 5.91 Å². The van der Waals surface area contributed by atoms with Crippen LogP contribution in [0.2, 0.25) is 0 Å². The zero-order chi connectivity index (χ0) is 24.5. The number of nitrogens with zero attached hydrogens (tertiary/aromatic N) is 2. The minimum Gasteiger partial charge on any atom is -0.348 e. The first kappa shape index (κ1) is 22.9. The predicted octanol–water partition coefficient (Wildman–Crippen LogP) is 3.58. The van der Waals surface area contributed by atoms with Crippen LogP contribution in [-0.2, 0) is 24.2 Å². The Bertz CT molecular complexity index is 1300. The molecule has 2 aliphatic rings. The molecule has 0 bridgehead atoms. The monoisotopic (exact) mass is 488 g/mol. The number of rotatable bonds is 6. The highest BCUT2D eigenvalue weighted by Gasteiger charge is 2.41. The van der Waals surface area contributed by atoms with E-state index in [1.807, 2.05) is 6.07 Å². The molecule has 1 aromatic carbocycles. The van der Waals surface area contributed by atoms with Gasteiger partial charge in [-0.1, -0.05) is 18.2 Å². The highest BCUT2D eigenvalue weighted by molar-refractivity contribution is 7.17. The molecular formula is C26H24N4O4S. The standard InChI is InChI=1S/C26H24N4O4S/c1-15(30-25(33)17-8-2-3-9-18(17)26(30)34)22(31)29-24-21(19-10-4-5-11-20(19)35-24)23(32)28-14-16-7-6-12-27-13-16/h2-3,6-9,12-13,15H,4-5,10-11,14H2,1H3,(H,28,32)(H,29,31). The number of hydrogen-bond donors (Lipinski definition) is 2. The number of hydrogen-bond acceptors (Lipinski definition) is 6. The van der Waals surface area contributed by atoms with Crippen molar-refractivity contribution in [1.29, 1.82) is 0 Å². The number of benzene rings is 1. The molecule has 0 spiro atoms. The van der Waals surface area contributed by atoms with E-state index < -0.39 is 23.8 Å². The number of amides is 4. The average Bonchev–Trinajstić information content (AvgIpc) is 3.37. The number of fused-ring (bicyclic) bond motifs is 2. The maximum atomic E-state index is 13.2. The van der Waals surface area contributed by atoms with Crippen LogP contribution < -0.4 is 10.6 Å². The first-order valence-electron chi connectivity index (χ1n) is 11.5. The minimum atomic E-state index is -1.03. The molecular weight excluding hydrogens is 464 g/mol. The molecule has 8 nitrogen and oxygen atoms in total. The molecule has 0 saturated carbocycles. The number of aromatic nitrogens is 1. The SMILES string of the molecule is CC(C(=O)Nc1sc2c(c1C(=O)NCc1cccnc1)CCCC2)N1C(=O)c2ccccc2C1=O. The van der Waals surface area contributed by atoms with Gasteiger partial charge in [-0.3, -0.25) is 29.1 Å². The van der Waals surface area contributed by atoms with Crippen LogP contribution in [0.25, 0.3) is 0 Å². The lowest BCUT2D eigenvalue weighted by atomic mass is 9.95. The van der Waals surface area contributed by atoms with Crippen molar-refractivity contribution in [2.24, 2.45) is 0 Å². The smallest absolute Gasteiger partial charge is 0.262 e. The molecule has 35 heavy (non-hydrogen) atoms. The molecule has 2 aromatic heterocycles. The molecule has 0 radical (unpaired) electrons. The Morgan fingerprint density at radius 3 is 2.46 bits per heavy atom. The normalized spacial score (nSPS) is 15.4. The van der Waals surface area contributed by atoms with Gasteiger partial charge >= 0.3 is 0 Å². The van der Waals surface area contributed by atoms with E-state index in [0.29, 0.717) is 28.2 Å². The maximum absolute atomic E-state index is 13.2. The fourth-order valence-corrected chi connectivity index (χ4v) is 5.85. The van der Waals surface area contributed by atoms with Gasteiger partial charge in [-0.2, -0.15) is 0 Å².